The molecule has 6 nitrogen and oxygen atoms in total. The Bertz CT molecular complexity index is 547. The van der Waals surface area contributed by atoms with Crippen LogP contribution in [0.4, 0.5) is 4.79 Å². The number of amides is 2. The van der Waals surface area contributed by atoms with Gasteiger partial charge in [-0.3, -0.25) is 9.69 Å². The van der Waals surface area contributed by atoms with Gasteiger partial charge in [0, 0.05) is 14.1 Å². The van der Waals surface area contributed by atoms with Crippen molar-refractivity contribution in [1.29, 1.82) is 0 Å². The molecule has 1 aliphatic rings. The van der Waals surface area contributed by atoms with Gasteiger partial charge in [0.25, 0.3) is 0 Å². The van der Waals surface area contributed by atoms with E-state index in [4.69, 9.17) is 9.47 Å². The SMILES string of the molecule is C[C@@H]1CCC[C@H](N(CC(=O)N(C)C)C(=O)OCc2ccccc2)O1. The summed E-state index contributed by atoms with van der Waals surface area (Å²) in [6.45, 7) is 2.11. The van der Waals surface area contributed by atoms with Gasteiger partial charge in [-0.25, -0.2) is 4.79 Å². The molecule has 132 valence electrons. The van der Waals surface area contributed by atoms with Gasteiger partial charge in [0.05, 0.1) is 6.10 Å². The lowest BCUT2D eigenvalue weighted by Gasteiger charge is -2.36. The van der Waals surface area contributed by atoms with Crippen molar-refractivity contribution in [3.63, 3.8) is 0 Å². The van der Waals surface area contributed by atoms with Crippen molar-refractivity contribution in [2.24, 2.45) is 0 Å². The Morgan fingerprint density at radius 2 is 1.92 bits per heavy atom. The van der Waals surface area contributed by atoms with E-state index < -0.39 is 12.3 Å². The van der Waals surface area contributed by atoms with Crippen LogP contribution in [0.25, 0.3) is 0 Å². The fraction of sp³-hybridized carbons (Fsp3) is 0.556. The van der Waals surface area contributed by atoms with Gasteiger partial charge >= 0.3 is 6.09 Å². The van der Waals surface area contributed by atoms with Gasteiger partial charge in [-0.2, -0.15) is 0 Å². The zero-order valence-electron chi connectivity index (χ0n) is 14.6. The summed E-state index contributed by atoms with van der Waals surface area (Å²) in [5, 5.41) is 0. The molecule has 1 aromatic rings. The normalized spacial score (nSPS) is 20.3. The highest BCUT2D eigenvalue weighted by molar-refractivity contribution is 5.82. The molecule has 2 rings (SSSR count). The second-order valence-electron chi connectivity index (χ2n) is 6.29. The number of likely N-dealkylation sites (N-methyl/N-ethyl adjacent to an activating group) is 1. The van der Waals surface area contributed by atoms with Gasteiger partial charge in [0.15, 0.2) is 0 Å². The van der Waals surface area contributed by atoms with E-state index in [1.807, 2.05) is 37.3 Å². The minimum absolute atomic E-state index is 0.0436. The molecular weight excluding hydrogens is 308 g/mol. The van der Waals surface area contributed by atoms with E-state index in [9.17, 15) is 9.59 Å². The summed E-state index contributed by atoms with van der Waals surface area (Å²) < 4.78 is 11.3. The number of carbonyl (C=O) groups is 2. The number of carbonyl (C=O) groups excluding carboxylic acids is 2. The molecule has 0 unspecified atom stereocenters. The van der Waals surface area contributed by atoms with E-state index in [1.54, 1.807) is 14.1 Å². The standard InChI is InChI=1S/C18H26N2O4/c1-14-8-7-11-17(24-14)20(12-16(21)19(2)3)18(22)23-13-15-9-5-4-6-10-15/h4-6,9-10,14,17H,7-8,11-13H2,1-3H3/t14-,17-/m1/s1. The second-order valence-corrected chi connectivity index (χ2v) is 6.29. The van der Waals surface area contributed by atoms with Crippen LogP contribution in [0.2, 0.25) is 0 Å². The second kappa shape index (κ2) is 8.68. The summed E-state index contributed by atoms with van der Waals surface area (Å²) in [5.74, 6) is -0.159. The van der Waals surface area contributed by atoms with E-state index in [2.05, 4.69) is 0 Å². The molecule has 24 heavy (non-hydrogen) atoms. The van der Waals surface area contributed by atoms with Crippen LogP contribution in [0.15, 0.2) is 30.3 Å². The van der Waals surface area contributed by atoms with Gasteiger partial charge < -0.3 is 14.4 Å². The van der Waals surface area contributed by atoms with Crippen molar-refractivity contribution in [1.82, 2.24) is 9.80 Å². The predicted molar refractivity (Wildman–Crippen MR) is 90.2 cm³/mol. The lowest BCUT2D eigenvalue weighted by atomic mass is 10.1. The zero-order chi connectivity index (χ0) is 17.5. The Morgan fingerprint density at radius 3 is 2.54 bits per heavy atom. The number of hydrogen-bond acceptors (Lipinski definition) is 4. The van der Waals surface area contributed by atoms with Crippen LogP contribution in [0.3, 0.4) is 0 Å². The van der Waals surface area contributed by atoms with Crippen LogP contribution >= 0.6 is 0 Å². The molecule has 0 aromatic heterocycles. The van der Waals surface area contributed by atoms with Crippen LogP contribution < -0.4 is 0 Å². The van der Waals surface area contributed by atoms with E-state index in [0.29, 0.717) is 6.42 Å². The van der Waals surface area contributed by atoms with Gasteiger partial charge in [0.1, 0.15) is 19.4 Å². The first-order valence-corrected chi connectivity index (χ1v) is 8.30. The Labute approximate surface area is 143 Å². The molecule has 1 fully saturated rings. The molecule has 0 saturated carbocycles. The average Bonchev–Trinajstić information content (AvgIpc) is 2.58. The monoisotopic (exact) mass is 334 g/mol. The number of rotatable bonds is 5. The summed E-state index contributed by atoms with van der Waals surface area (Å²) in [4.78, 5) is 27.5. The lowest BCUT2D eigenvalue weighted by molar-refractivity contribution is -0.141. The van der Waals surface area contributed by atoms with Crippen LogP contribution in [0.1, 0.15) is 31.7 Å². The molecule has 2 amide bonds. The number of benzene rings is 1. The molecule has 6 heteroatoms. The first kappa shape index (κ1) is 18.3. The predicted octanol–water partition coefficient (Wildman–Crippen LogP) is 2.63. The molecule has 0 bridgehead atoms. The third-order valence-electron chi connectivity index (χ3n) is 4.04. The topological polar surface area (TPSA) is 59.1 Å². The first-order chi connectivity index (χ1) is 11.5. The van der Waals surface area contributed by atoms with E-state index >= 15 is 0 Å². The maximum Gasteiger partial charge on any atom is 0.412 e. The van der Waals surface area contributed by atoms with Gasteiger partial charge in [-0.05, 0) is 31.7 Å². The van der Waals surface area contributed by atoms with Crippen molar-refractivity contribution in [2.75, 3.05) is 20.6 Å². The zero-order valence-corrected chi connectivity index (χ0v) is 14.6. The number of hydrogen-bond donors (Lipinski definition) is 0. The quantitative estimate of drug-likeness (QED) is 0.830. The van der Waals surface area contributed by atoms with Crippen LogP contribution in [-0.4, -0.2) is 54.8 Å². The molecule has 1 heterocycles. The van der Waals surface area contributed by atoms with Gasteiger partial charge in [-0.1, -0.05) is 30.3 Å². The average molecular weight is 334 g/mol. The molecule has 1 saturated heterocycles. The summed E-state index contributed by atoms with van der Waals surface area (Å²) >= 11 is 0. The highest BCUT2D eigenvalue weighted by Crippen LogP contribution is 2.22. The van der Waals surface area contributed by atoms with Crippen molar-refractivity contribution >= 4 is 12.0 Å². The maximum absolute atomic E-state index is 12.5. The van der Waals surface area contributed by atoms with E-state index in [-0.39, 0.29) is 25.2 Å². The van der Waals surface area contributed by atoms with Crippen molar-refractivity contribution in [2.45, 2.75) is 45.1 Å². The third-order valence-corrected chi connectivity index (χ3v) is 4.04. The van der Waals surface area contributed by atoms with Crippen LogP contribution in [-0.2, 0) is 20.9 Å². The molecule has 1 aromatic carbocycles. The molecule has 0 radical (unpaired) electrons. The van der Waals surface area contributed by atoms with Crippen LogP contribution in [0.5, 0.6) is 0 Å². The van der Waals surface area contributed by atoms with Crippen LogP contribution in [0, 0.1) is 0 Å². The smallest absolute Gasteiger partial charge is 0.412 e. The maximum atomic E-state index is 12.5. The highest BCUT2D eigenvalue weighted by Gasteiger charge is 2.31. The summed E-state index contributed by atoms with van der Waals surface area (Å²) in [5.41, 5.74) is 0.905. The number of ether oxygens (including phenoxy) is 2. The molecule has 0 aliphatic carbocycles. The fourth-order valence-corrected chi connectivity index (χ4v) is 2.59. The van der Waals surface area contributed by atoms with E-state index in [0.717, 1.165) is 18.4 Å². The molecule has 1 aliphatic heterocycles. The van der Waals surface area contributed by atoms with Crippen molar-refractivity contribution in [3.05, 3.63) is 35.9 Å². The minimum atomic E-state index is -0.520. The minimum Gasteiger partial charge on any atom is -0.444 e. The summed E-state index contributed by atoms with van der Waals surface area (Å²) in [7, 11) is 3.33. The molecular formula is C18H26N2O4. The molecule has 2 atom stereocenters. The van der Waals surface area contributed by atoms with Crippen molar-refractivity contribution in [3.8, 4) is 0 Å². The Hall–Kier alpha value is -2.08. The number of nitrogens with zero attached hydrogens (tertiary/aromatic N) is 2. The Kier molecular flexibility index (Phi) is 6.61. The summed E-state index contributed by atoms with van der Waals surface area (Å²) in [6.07, 6.45) is 1.78. The van der Waals surface area contributed by atoms with E-state index in [1.165, 1.54) is 9.80 Å². The molecule has 0 N–H and O–H groups in total. The Balaban J connectivity index is 2.02. The lowest BCUT2D eigenvalue weighted by Crippen LogP contribution is -2.49. The highest BCUT2D eigenvalue weighted by atomic mass is 16.6. The van der Waals surface area contributed by atoms with Gasteiger partial charge in [0.2, 0.25) is 5.91 Å². The van der Waals surface area contributed by atoms with Gasteiger partial charge in [-0.15, -0.1) is 0 Å². The Morgan fingerprint density at radius 1 is 1.21 bits per heavy atom. The first-order valence-electron chi connectivity index (χ1n) is 8.30. The third kappa shape index (κ3) is 5.23. The largest absolute Gasteiger partial charge is 0.444 e. The summed E-state index contributed by atoms with van der Waals surface area (Å²) in [6, 6.07) is 9.47. The fourth-order valence-electron chi connectivity index (χ4n) is 2.59. The van der Waals surface area contributed by atoms with Crippen molar-refractivity contribution < 1.29 is 19.1 Å². The molecule has 0 spiro atoms.